The van der Waals surface area contributed by atoms with E-state index in [2.05, 4.69) is 50.6 Å². The molecule has 0 aromatic heterocycles. The quantitative estimate of drug-likeness (QED) is 0.339. The summed E-state index contributed by atoms with van der Waals surface area (Å²) in [5.41, 5.74) is 0. The Hall–Kier alpha value is -1.25. The van der Waals surface area contributed by atoms with E-state index in [1.807, 2.05) is 20.8 Å². The van der Waals surface area contributed by atoms with Gasteiger partial charge in [0.15, 0.2) is 0 Å². The van der Waals surface area contributed by atoms with Gasteiger partial charge in [0.1, 0.15) is 0 Å². The highest BCUT2D eigenvalue weighted by Gasteiger charge is 2.32. The van der Waals surface area contributed by atoms with E-state index in [-0.39, 0.29) is 20.9 Å². The maximum atomic E-state index is 3.21. The van der Waals surface area contributed by atoms with Gasteiger partial charge in [0.25, 0.3) is 0 Å². The van der Waals surface area contributed by atoms with Gasteiger partial charge in [-0.05, 0) is 20.8 Å². The van der Waals surface area contributed by atoms with Gasteiger partial charge < -0.3 is 15.4 Å². The number of hydrogen-bond acceptors (Lipinski definition) is 3. The molecule has 0 unspecified atom stereocenters. The van der Waals surface area contributed by atoms with E-state index in [0.717, 1.165) is 0 Å². The first-order valence-electron chi connectivity index (χ1n) is 4.85. The molecule has 6 heteroatoms. The van der Waals surface area contributed by atoms with Crippen LogP contribution in [0.2, 0.25) is 0 Å². The van der Waals surface area contributed by atoms with Crippen molar-refractivity contribution in [1.82, 2.24) is 15.4 Å². The van der Waals surface area contributed by atoms with Crippen LogP contribution in [0.4, 0.5) is 0 Å². The van der Waals surface area contributed by atoms with Crippen molar-refractivity contribution in [3.63, 3.8) is 0 Å². The van der Waals surface area contributed by atoms with E-state index in [9.17, 15) is 0 Å². The smallest absolute Gasteiger partial charge is 0.348 e. The molecule has 1 rings (SSSR count). The van der Waals surface area contributed by atoms with Crippen molar-refractivity contribution in [2.45, 2.75) is 20.8 Å². The first-order chi connectivity index (χ1) is 7.30. The molecule has 0 spiro atoms. The maximum Gasteiger partial charge on any atom is 0.375 e. The first-order valence-corrected chi connectivity index (χ1v) is 4.85. The van der Waals surface area contributed by atoms with Gasteiger partial charge in [-0.1, -0.05) is 0 Å². The summed E-state index contributed by atoms with van der Waals surface area (Å²) >= 11 is 0. The summed E-state index contributed by atoms with van der Waals surface area (Å²) in [5.74, 6) is 17.6. The lowest BCUT2D eigenvalue weighted by atomic mass is 9.50. The molecule has 3 nitrogen and oxygen atoms in total. The Balaban J connectivity index is 2.72. The van der Waals surface area contributed by atoms with Crippen LogP contribution in [0.15, 0.2) is 0 Å². The van der Waals surface area contributed by atoms with Crippen molar-refractivity contribution in [3.8, 4) is 35.2 Å². The molecule has 72 valence electrons. The number of rotatable bonds is 0. The maximum absolute atomic E-state index is 3.21. The molecular formula is C9H12B3N3. The lowest BCUT2D eigenvalue weighted by Gasteiger charge is -2.25. The Morgan fingerprint density at radius 1 is 0.600 bits per heavy atom. The molecule has 0 bridgehead atoms. The molecule has 0 aromatic rings. The van der Waals surface area contributed by atoms with E-state index in [0.29, 0.717) is 0 Å². The standard InChI is InChI=1S/C9H12B3N3/c1-4-7-10-13-11(8-5-2)15-12(14-10)9-6-3/h13-15H,1-3H3. The van der Waals surface area contributed by atoms with Crippen molar-refractivity contribution in [2.75, 3.05) is 0 Å². The third-order valence-corrected chi connectivity index (χ3v) is 1.87. The van der Waals surface area contributed by atoms with E-state index >= 15 is 0 Å². The summed E-state index contributed by atoms with van der Waals surface area (Å²) in [6.45, 7) is 5.25. The predicted molar refractivity (Wildman–Crippen MR) is 67.0 cm³/mol. The molecule has 0 aromatic carbocycles. The SMILES string of the molecule is CC#CB1NB(C#CC)NB(C#CC)N1. The second-order valence-corrected chi connectivity index (χ2v) is 2.98. The lowest BCUT2D eigenvalue weighted by molar-refractivity contribution is 1.21. The molecular weight excluding hydrogens is 183 g/mol. The van der Waals surface area contributed by atoms with Crippen molar-refractivity contribution in [2.24, 2.45) is 0 Å². The Labute approximate surface area is 92.9 Å². The molecule has 1 aliphatic heterocycles. The first kappa shape index (κ1) is 11.8. The molecule has 1 aliphatic rings. The molecule has 0 aliphatic carbocycles. The van der Waals surface area contributed by atoms with Crippen LogP contribution in [-0.2, 0) is 0 Å². The van der Waals surface area contributed by atoms with Crippen LogP contribution in [0.1, 0.15) is 20.8 Å². The monoisotopic (exact) mass is 195 g/mol. The van der Waals surface area contributed by atoms with Crippen LogP contribution in [-0.4, -0.2) is 20.9 Å². The Morgan fingerprint density at radius 2 is 0.867 bits per heavy atom. The number of nitrogens with one attached hydrogen (secondary N) is 3. The fourth-order valence-electron chi connectivity index (χ4n) is 1.33. The van der Waals surface area contributed by atoms with Crippen LogP contribution in [0.3, 0.4) is 0 Å². The van der Waals surface area contributed by atoms with Gasteiger partial charge in [0.2, 0.25) is 0 Å². The normalized spacial score (nSPS) is 14.2. The average molecular weight is 195 g/mol. The van der Waals surface area contributed by atoms with E-state index < -0.39 is 0 Å². The summed E-state index contributed by atoms with van der Waals surface area (Å²) in [6.07, 6.45) is 0. The zero-order valence-electron chi connectivity index (χ0n) is 9.23. The van der Waals surface area contributed by atoms with E-state index in [4.69, 9.17) is 0 Å². The summed E-state index contributed by atoms with van der Waals surface area (Å²) < 4.78 is 0. The molecule has 0 radical (unpaired) electrons. The third-order valence-electron chi connectivity index (χ3n) is 1.87. The minimum absolute atomic E-state index is 0.0621. The highest BCUT2D eigenvalue weighted by Crippen LogP contribution is 1.84. The summed E-state index contributed by atoms with van der Waals surface area (Å²) in [6, 6.07) is 0. The summed E-state index contributed by atoms with van der Waals surface area (Å²) in [5, 5.41) is 9.62. The molecule has 15 heavy (non-hydrogen) atoms. The zero-order valence-corrected chi connectivity index (χ0v) is 9.23. The Bertz CT molecular complexity index is 322. The highest BCUT2D eigenvalue weighted by atomic mass is 15.0. The zero-order chi connectivity index (χ0) is 11.1. The summed E-state index contributed by atoms with van der Waals surface area (Å²) in [7, 11) is 0. The van der Waals surface area contributed by atoms with Gasteiger partial charge in [0, 0.05) is 0 Å². The predicted octanol–water partition coefficient (Wildman–Crippen LogP) is -1.08. The average Bonchev–Trinajstić information content (AvgIpc) is 2.19. The largest absolute Gasteiger partial charge is 0.375 e. The molecule has 1 fully saturated rings. The lowest BCUT2D eigenvalue weighted by Crippen LogP contribution is -2.74. The van der Waals surface area contributed by atoms with Crippen molar-refractivity contribution < 1.29 is 0 Å². The fourth-order valence-corrected chi connectivity index (χ4v) is 1.33. The van der Waals surface area contributed by atoms with Crippen LogP contribution >= 0.6 is 0 Å². The van der Waals surface area contributed by atoms with Crippen molar-refractivity contribution in [3.05, 3.63) is 0 Å². The van der Waals surface area contributed by atoms with Gasteiger partial charge in [-0.15, -0.1) is 35.2 Å². The molecule has 0 atom stereocenters. The van der Waals surface area contributed by atoms with Crippen LogP contribution in [0.5, 0.6) is 0 Å². The Morgan fingerprint density at radius 3 is 1.07 bits per heavy atom. The van der Waals surface area contributed by atoms with Crippen molar-refractivity contribution in [1.29, 1.82) is 0 Å². The molecule has 1 saturated heterocycles. The van der Waals surface area contributed by atoms with Gasteiger partial charge in [-0.2, -0.15) is 0 Å². The van der Waals surface area contributed by atoms with E-state index in [1.54, 1.807) is 0 Å². The Kier molecular flexibility index (Phi) is 4.95. The second-order valence-electron chi connectivity index (χ2n) is 2.98. The molecule has 3 N–H and O–H groups in total. The van der Waals surface area contributed by atoms with Crippen LogP contribution in [0, 0.1) is 35.2 Å². The van der Waals surface area contributed by atoms with Gasteiger partial charge >= 0.3 is 20.9 Å². The minimum Gasteiger partial charge on any atom is -0.348 e. The topological polar surface area (TPSA) is 36.1 Å². The van der Waals surface area contributed by atoms with Gasteiger partial charge in [-0.25, -0.2) is 0 Å². The molecule has 0 saturated carbocycles. The number of hydrogen-bond donors (Lipinski definition) is 3. The van der Waals surface area contributed by atoms with Crippen LogP contribution in [0.25, 0.3) is 0 Å². The summed E-state index contributed by atoms with van der Waals surface area (Å²) in [4.78, 5) is 0. The minimum atomic E-state index is -0.0621. The highest BCUT2D eigenvalue weighted by molar-refractivity contribution is 6.94. The molecule has 0 amide bonds. The van der Waals surface area contributed by atoms with Crippen molar-refractivity contribution >= 4 is 20.9 Å². The van der Waals surface area contributed by atoms with Gasteiger partial charge in [0.05, 0.1) is 0 Å². The van der Waals surface area contributed by atoms with Gasteiger partial charge in [-0.3, -0.25) is 0 Å². The van der Waals surface area contributed by atoms with Crippen LogP contribution < -0.4 is 15.4 Å². The van der Waals surface area contributed by atoms with E-state index in [1.165, 1.54) is 0 Å². The third kappa shape index (κ3) is 3.78. The fraction of sp³-hybridized carbons (Fsp3) is 0.333. The molecule has 1 heterocycles. The second kappa shape index (κ2) is 6.28.